The summed E-state index contributed by atoms with van der Waals surface area (Å²) in [6.45, 7) is 4.09. The molecule has 0 aliphatic carbocycles. The highest BCUT2D eigenvalue weighted by Gasteiger charge is 2.16. The average molecular weight is 254 g/mol. The van der Waals surface area contributed by atoms with Gasteiger partial charge < -0.3 is 5.11 Å². The predicted octanol–water partition coefficient (Wildman–Crippen LogP) is 4.31. The van der Waals surface area contributed by atoms with E-state index in [1.54, 1.807) is 11.3 Å². The topological polar surface area (TPSA) is 37.3 Å². The summed E-state index contributed by atoms with van der Waals surface area (Å²) < 4.78 is 2.29. The van der Waals surface area contributed by atoms with Gasteiger partial charge in [0, 0.05) is 14.3 Å². The summed E-state index contributed by atoms with van der Waals surface area (Å²) in [5.74, 6) is -0.805. The van der Waals surface area contributed by atoms with Crippen molar-refractivity contribution in [1.82, 2.24) is 0 Å². The molecule has 0 aromatic carbocycles. The van der Waals surface area contributed by atoms with Crippen molar-refractivity contribution < 1.29 is 9.90 Å². The van der Waals surface area contributed by atoms with Crippen molar-refractivity contribution in [3.05, 3.63) is 21.4 Å². The first-order chi connectivity index (χ1) is 7.63. The lowest BCUT2D eigenvalue weighted by Gasteiger charge is -1.93. The fourth-order valence-electron chi connectivity index (χ4n) is 1.73. The monoisotopic (exact) mass is 254 g/mol. The molecule has 0 unspecified atom stereocenters. The molecule has 0 aliphatic rings. The van der Waals surface area contributed by atoms with Gasteiger partial charge >= 0.3 is 5.97 Å². The van der Waals surface area contributed by atoms with Crippen molar-refractivity contribution in [2.75, 3.05) is 0 Å². The quantitative estimate of drug-likeness (QED) is 0.882. The van der Waals surface area contributed by atoms with Crippen LogP contribution in [-0.4, -0.2) is 11.1 Å². The molecular formula is C12H14O2S2. The van der Waals surface area contributed by atoms with Gasteiger partial charge in [0.1, 0.15) is 4.88 Å². The van der Waals surface area contributed by atoms with Gasteiger partial charge in [-0.3, -0.25) is 0 Å². The Bertz CT molecular complexity index is 522. The number of hydrogen-bond acceptors (Lipinski definition) is 3. The molecule has 0 amide bonds. The van der Waals surface area contributed by atoms with E-state index < -0.39 is 5.97 Å². The molecule has 0 atom stereocenters. The molecule has 2 nitrogen and oxygen atoms in total. The Morgan fingerprint density at radius 3 is 2.75 bits per heavy atom. The molecule has 2 aromatic heterocycles. The summed E-state index contributed by atoms with van der Waals surface area (Å²) in [4.78, 5) is 12.8. The third-order valence-corrected chi connectivity index (χ3v) is 5.28. The van der Waals surface area contributed by atoms with E-state index in [0.717, 1.165) is 21.4 Å². The van der Waals surface area contributed by atoms with Crippen LogP contribution in [0.3, 0.4) is 0 Å². The summed E-state index contributed by atoms with van der Waals surface area (Å²) >= 11 is 3.15. The molecule has 0 saturated heterocycles. The van der Waals surface area contributed by atoms with Crippen LogP contribution in [0.25, 0.3) is 9.40 Å². The van der Waals surface area contributed by atoms with Crippen LogP contribution >= 0.6 is 22.7 Å². The second kappa shape index (κ2) is 4.55. The summed E-state index contributed by atoms with van der Waals surface area (Å²) in [7, 11) is 0. The Balaban J connectivity index is 2.38. The van der Waals surface area contributed by atoms with Gasteiger partial charge in [0.25, 0.3) is 0 Å². The molecule has 0 fully saturated rings. The largest absolute Gasteiger partial charge is 0.477 e. The number of unbranched alkanes of at least 4 members (excludes halogenated alkanes) is 1. The Labute approximate surface area is 103 Å². The molecule has 0 bridgehead atoms. The zero-order chi connectivity index (χ0) is 11.7. The fraction of sp³-hybridized carbons (Fsp3) is 0.417. The minimum absolute atomic E-state index is 0.489. The van der Waals surface area contributed by atoms with Gasteiger partial charge in [-0.1, -0.05) is 13.3 Å². The maximum absolute atomic E-state index is 11.0. The van der Waals surface area contributed by atoms with Gasteiger partial charge in [-0.2, -0.15) is 0 Å². The van der Waals surface area contributed by atoms with Crippen LogP contribution in [0.15, 0.2) is 6.07 Å². The van der Waals surface area contributed by atoms with E-state index in [4.69, 9.17) is 5.11 Å². The van der Waals surface area contributed by atoms with Gasteiger partial charge in [0.2, 0.25) is 0 Å². The number of carboxylic acids is 1. The number of hydrogen-bond donors (Lipinski definition) is 1. The molecule has 2 rings (SSSR count). The Hall–Kier alpha value is -0.870. The lowest BCUT2D eigenvalue weighted by Crippen LogP contribution is -1.93. The number of rotatable bonds is 4. The summed E-state index contributed by atoms with van der Waals surface area (Å²) in [5.41, 5.74) is 0.931. The Kier molecular flexibility index (Phi) is 3.30. The lowest BCUT2D eigenvalue weighted by molar-refractivity contribution is 0.0701. The summed E-state index contributed by atoms with van der Waals surface area (Å²) in [6, 6.07) is 2.15. The number of fused-ring (bicyclic) bond motifs is 1. The number of carboxylic acid groups (broad SMARTS) is 1. The van der Waals surface area contributed by atoms with Crippen molar-refractivity contribution in [3.63, 3.8) is 0 Å². The van der Waals surface area contributed by atoms with E-state index in [-0.39, 0.29) is 0 Å². The maximum atomic E-state index is 11.0. The molecule has 2 aromatic rings. The molecule has 1 N–H and O–H groups in total. The minimum Gasteiger partial charge on any atom is -0.477 e. The molecule has 16 heavy (non-hydrogen) atoms. The van der Waals surface area contributed by atoms with Crippen LogP contribution in [-0.2, 0) is 6.42 Å². The number of carbonyl (C=O) groups is 1. The fourth-order valence-corrected chi connectivity index (χ4v) is 4.23. The van der Waals surface area contributed by atoms with Gasteiger partial charge in [0.05, 0.1) is 0 Å². The van der Waals surface area contributed by atoms with Crippen LogP contribution in [0.1, 0.15) is 39.9 Å². The first-order valence-corrected chi connectivity index (χ1v) is 7.02. The molecule has 86 valence electrons. The molecule has 0 radical (unpaired) electrons. The van der Waals surface area contributed by atoms with Crippen LogP contribution < -0.4 is 0 Å². The van der Waals surface area contributed by atoms with Crippen molar-refractivity contribution in [2.45, 2.75) is 33.1 Å². The number of thiophene rings is 2. The van der Waals surface area contributed by atoms with Crippen molar-refractivity contribution in [2.24, 2.45) is 0 Å². The van der Waals surface area contributed by atoms with Crippen LogP contribution in [0.2, 0.25) is 0 Å². The SMILES string of the molecule is CCCCc1cc2sc(C(=O)O)c(C)c2s1. The number of aromatic carboxylic acids is 1. The zero-order valence-electron chi connectivity index (χ0n) is 9.37. The second-order valence-electron chi connectivity index (χ2n) is 3.87. The van der Waals surface area contributed by atoms with Crippen molar-refractivity contribution in [3.8, 4) is 0 Å². The van der Waals surface area contributed by atoms with E-state index in [0.29, 0.717) is 4.88 Å². The third kappa shape index (κ3) is 1.99. The van der Waals surface area contributed by atoms with Gasteiger partial charge in [0.15, 0.2) is 0 Å². The van der Waals surface area contributed by atoms with E-state index in [2.05, 4.69) is 13.0 Å². The van der Waals surface area contributed by atoms with Crippen LogP contribution in [0.4, 0.5) is 0 Å². The molecule has 4 heteroatoms. The Morgan fingerprint density at radius 2 is 2.19 bits per heavy atom. The normalized spacial score (nSPS) is 11.1. The first-order valence-electron chi connectivity index (χ1n) is 5.38. The maximum Gasteiger partial charge on any atom is 0.346 e. The summed E-state index contributed by atoms with van der Waals surface area (Å²) in [6.07, 6.45) is 3.52. The van der Waals surface area contributed by atoms with Crippen LogP contribution in [0, 0.1) is 6.92 Å². The van der Waals surface area contributed by atoms with E-state index in [1.165, 1.54) is 29.1 Å². The highest BCUT2D eigenvalue weighted by atomic mass is 32.1. The van der Waals surface area contributed by atoms with Gasteiger partial charge in [-0.05, 0) is 31.4 Å². The van der Waals surface area contributed by atoms with Crippen molar-refractivity contribution in [1.29, 1.82) is 0 Å². The zero-order valence-corrected chi connectivity index (χ0v) is 11.0. The third-order valence-electron chi connectivity index (χ3n) is 2.61. The minimum atomic E-state index is -0.805. The lowest BCUT2D eigenvalue weighted by atomic mass is 10.2. The van der Waals surface area contributed by atoms with Crippen LogP contribution in [0.5, 0.6) is 0 Å². The van der Waals surface area contributed by atoms with E-state index >= 15 is 0 Å². The summed E-state index contributed by atoms with van der Waals surface area (Å²) in [5, 5.41) is 9.01. The smallest absolute Gasteiger partial charge is 0.346 e. The predicted molar refractivity (Wildman–Crippen MR) is 70.0 cm³/mol. The molecule has 0 saturated carbocycles. The standard InChI is InChI=1S/C12H14O2S2/c1-3-4-5-8-6-9-10(15-8)7(2)11(16-9)12(13)14/h6H,3-5H2,1-2H3,(H,13,14). The highest BCUT2D eigenvalue weighted by Crippen LogP contribution is 2.37. The van der Waals surface area contributed by atoms with Gasteiger partial charge in [-0.15, -0.1) is 22.7 Å². The van der Waals surface area contributed by atoms with E-state index in [9.17, 15) is 4.79 Å². The highest BCUT2D eigenvalue weighted by molar-refractivity contribution is 7.29. The van der Waals surface area contributed by atoms with Gasteiger partial charge in [-0.25, -0.2) is 4.79 Å². The average Bonchev–Trinajstić information content (AvgIpc) is 2.75. The first kappa shape index (κ1) is 11.6. The molecule has 0 aliphatic heterocycles. The van der Waals surface area contributed by atoms with E-state index in [1.807, 2.05) is 6.92 Å². The molecule has 2 heterocycles. The second-order valence-corrected chi connectivity index (χ2v) is 6.06. The number of aryl methyl sites for hydroxylation is 2. The molecular weight excluding hydrogens is 240 g/mol. The van der Waals surface area contributed by atoms with Crippen molar-refractivity contribution >= 4 is 38.0 Å². The molecule has 0 spiro atoms. The Morgan fingerprint density at radius 1 is 1.44 bits per heavy atom.